The third-order valence-electron chi connectivity index (χ3n) is 5.53. The smallest absolute Gasteiger partial charge is 0.244 e. The summed E-state index contributed by atoms with van der Waals surface area (Å²) in [5.41, 5.74) is 0.241. The van der Waals surface area contributed by atoms with Crippen molar-refractivity contribution in [1.29, 1.82) is 0 Å². The van der Waals surface area contributed by atoms with Crippen LogP contribution in [0.4, 0.5) is 10.1 Å². The number of amides is 1. The first-order valence-electron chi connectivity index (χ1n) is 10.4. The molecule has 0 saturated heterocycles. The zero-order valence-electron chi connectivity index (χ0n) is 17.9. The van der Waals surface area contributed by atoms with Crippen molar-refractivity contribution in [3.05, 3.63) is 54.3 Å². The van der Waals surface area contributed by atoms with Crippen molar-refractivity contribution in [3.63, 3.8) is 0 Å². The van der Waals surface area contributed by atoms with Crippen LogP contribution < -0.4 is 10.0 Å². The number of sulfone groups is 1. The Bertz CT molecular complexity index is 1190. The Balaban J connectivity index is 1.81. The fraction of sp³-hybridized carbons (Fsp3) is 0.409. The van der Waals surface area contributed by atoms with Crippen molar-refractivity contribution in [2.45, 2.75) is 60.6 Å². The Labute approximate surface area is 188 Å². The van der Waals surface area contributed by atoms with E-state index < -0.39 is 53.7 Å². The molecule has 2 aromatic carbocycles. The second-order valence-electron chi connectivity index (χ2n) is 8.24. The molecule has 2 aromatic rings. The van der Waals surface area contributed by atoms with E-state index in [-0.39, 0.29) is 10.6 Å². The number of anilines is 1. The first kappa shape index (κ1) is 24.3. The maximum absolute atomic E-state index is 14.0. The van der Waals surface area contributed by atoms with Gasteiger partial charge in [-0.25, -0.2) is 21.2 Å². The highest BCUT2D eigenvalue weighted by molar-refractivity contribution is 7.92. The Morgan fingerprint density at radius 2 is 1.66 bits per heavy atom. The van der Waals surface area contributed by atoms with E-state index in [0.29, 0.717) is 12.8 Å². The fourth-order valence-electron chi connectivity index (χ4n) is 3.75. The molecule has 0 bridgehead atoms. The number of sulfonamides is 1. The minimum atomic E-state index is -4.30. The van der Waals surface area contributed by atoms with Gasteiger partial charge in [-0.15, -0.1) is 0 Å². The predicted octanol–water partition coefficient (Wildman–Crippen LogP) is 3.48. The molecule has 0 heterocycles. The van der Waals surface area contributed by atoms with Gasteiger partial charge in [0.15, 0.2) is 9.84 Å². The number of hydrogen-bond acceptors (Lipinski definition) is 5. The highest BCUT2D eigenvalue weighted by atomic mass is 32.2. The van der Waals surface area contributed by atoms with E-state index in [4.69, 9.17) is 0 Å². The lowest BCUT2D eigenvalue weighted by atomic mass is 10.0. The summed E-state index contributed by atoms with van der Waals surface area (Å²) < 4.78 is 67.2. The second-order valence-corrected chi connectivity index (χ2v) is 12.2. The molecule has 0 unspecified atom stereocenters. The molecule has 1 amide bonds. The molecule has 2 N–H and O–H groups in total. The van der Waals surface area contributed by atoms with Gasteiger partial charge in [-0.05, 0) is 49.1 Å². The Morgan fingerprint density at radius 3 is 2.28 bits per heavy atom. The van der Waals surface area contributed by atoms with Crippen LogP contribution in [0, 0.1) is 11.7 Å². The number of benzene rings is 2. The summed E-state index contributed by atoms with van der Waals surface area (Å²) in [6.45, 7) is 3.30. The maximum atomic E-state index is 14.0. The Morgan fingerprint density at radius 1 is 1.00 bits per heavy atom. The minimum Gasteiger partial charge on any atom is -0.325 e. The van der Waals surface area contributed by atoms with Crippen molar-refractivity contribution in [2.75, 3.05) is 5.32 Å². The number of carbonyl (C=O) groups is 1. The predicted molar refractivity (Wildman–Crippen MR) is 120 cm³/mol. The molecule has 0 spiro atoms. The van der Waals surface area contributed by atoms with Gasteiger partial charge in [0.2, 0.25) is 15.9 Å². The number of hydrogen-bond donors (Lipinski definition) is 2. The summed E-state index contributed by atoms with van der Waals surface area (Å²) in [6, 6.07) is 9.64. The van der Waals surface area contributed by atoms with Crippen molar-refractivity contribution < 1.29 is 26.0 Å². The fourth-order valence-corrected chi connectivity index (χ4v) is 7.07. The summed E-state index contributed by atoms with van der Waals surface area (Å²) in [7, 11) is -7.80. The average molecular weight is 483 g/mol. The first-order chi connectivity index (χ1) is 15.0. The van der Waals surface area contributed by atoms with Crippen LogP contribution in [-0.2, 0) is 24.7 Å². The SMILES string of the molecule is CC(C)[C@H](NS(=O)(=O)c1ccccc1F)C(=O)Nc1cccc(S(=O)(=O)C2CCCC2)c1. The summed E-state index contributed by atoms with van der Waals surface area (Å²) in [5.74, 6) is -2.05. The van der Waals surface area contributed by atoms with E-state index in [1.54, 1.807) is 13.8 Å². The van der Waals surface area contributed by atoms with E-state index in [9.17, 15) is 26.0 Å². The molecule has 1 fully saturated rings. The molecule has 10 heteroatoms. The summed E-state index contributed by atoms with van der Waals surface area (Å²) in [6.07, 6.45) is 2.98. The van der Waals surface area contributed by atoms with Gasteiger partial charge in [0.25, 0.3) is 0 Å². The van der Waals surface area contributed by atoms with Gasteiger partial charge in [-0.2, -0.15) is 4.72 Å². The molecular formula is C22H27FN2O5S2. The summed E-state index contributed by atoms with van der Waals surface area (Å²) >= 11 is 0. The van der Waals surface area contributed by atoms with Gasteiger partial charge in [0.1, 0.15) is 16.8 Å². The largest absolute Gasteiger partial charge is 0.325 e. The van der Waals surface area contributed by atoms with Gasteiger partial charge in [-0.1, -0.05) is 44.9 Å². The van der Waals surface area contributed by atoms with Crippen LogP contribution in [0.2, 0.25) is 0 Å². The average Bonchev–Trinajstić information content (AvgIpc) is 3.28. The molecular weight excluding hydrogens is 455 g/mol. The normalized spacial score (nSPS) is 16.2. The third kappa shape index (κ3) is 5.36. The van der Waals surface area contributed by atoms with E-state index in [2.05, 4.69) is 10.0 Å². The van der Waals surface area contributed by atoms with E-state index >= 15 is 0 Å². The maximum Gasteiger partial charge on any atom is 0.244 e. The zero-order chi connectivity index (χ0) is 23.5. The van der Waals surface area contributed by atoms with Gasteiger partial charge >= 0.3 is 0 Å². The third-order valence-corrected chi connectivity index (χ3v) is 9.26. The lowest BCUT2D eigenvalue weighted by Gasteiger charge is -2.22. The van der Waals surface area contributed by atoms with Crippen LogP contribution >= 0.6 is 0 Å². The highest BCUT2D eigenvalue weighted by Crippen LogP contribution is 2.30. The quantitative estimate of drug-likeness (QED) is 0.599. The lowest BCUT2D eigenvalue weighted by Crippen LogP contribution is -2.47. The number of rotatable bonds is 8. The minimum absolute atomic E-state index is 0.121. The van der Waals surface area contributed by atoms with E-state index in [1.165, 1.54) is 36.4 Å². The summed E-state index contributed by atoms with van der Waals surface area (Å²) in [4.78, 5) is 12.5. The van der Waals surface area contributed by atoms with Crippen molar-refractivity contribution in [2.24, 2.45) is 5.92 Å². The molecule has 1 atom stereocenters. The van der Waals surface area contributed by atoms with Crippen LogP contribution in [0.25, 0.3) is 0 Å². The molecule has 1 aliphatic carbocycles. The Hall–Kier alpha value is -2.30. The topological polar surface area (TPSA) is 109 Å². The van der Waals surface area contributed by atoms with Crippen LogP contribution in [0.3, 0.4) is 0 Å². The zero-order valence-corrected chi connectivity index (χ0v) is 19.5. The number of carbonyl (C=O) groups excluding carboxylic acids is 1. The standard InChI is InChI=1S/C22H27FN2O5S2/c1-15(2)21(25-32(29,30)20-13-6-5-12-19(20)23)22(26)24-16-8-7-11-18(14-16)31(27,28)17-9-3-4-10-17/h5-8,11-15,17,21,25H,3-4,9-10H2,1-2H3,(H,24,26)/t21-/m0/s1. The first-order valence-corrected chi connectivity index (χ1v) is 13.5. The van der Waals surface area contributed by atoms with E-state index in [0.717, 1.165) is 25.0 Å². The molecule has 0 radical (unpaired) electrons. The van der Waals surface area contributed by atoms with Crippen molar-refractivity contribution in [1.82, 2.24) is 4.72 Å². The molecule has 3 rings (SSSR count). The van der Waals surface area contributed by atoms with Gasteiger partial charge < -0.3 is 5.32 Å². The second kappa shape index (κ2) is 9.68. The molecule has 1 saturated carbocycles. The van der Waals surface area contributed by atoms with Crippen molar-refractivity contribution >= 4 is 31.5 Å². The van der Waals surface area contributed by atoms with Crippen LogP contribution in [0.5, 0.6) is 0 Å². The molecule has 7 nitrogen and oxygen atoms in total. The van der Waals surface area contributed by atoms with E-state index in [1.807, 2.05) is 0 Å². The summed E-state index contributed by atoms with van der Waals surface area (Å²) in [5, 5.41) is 2.16. The van der Waals surface area contributed by atoms with Gasteiger partial charge in [0, 0.05) is 5.69 Å². The molecule has 32 heavy (non-hydrogen) atoms. The lowest BCUT2D eigenvalue weighted by molar-refractivity contribution is -0.118. The number of halogens is 1. The Kier molecular flexibility index (Phi) is 7.36. The molecule has 1 aliphatic rings. The van der Waals surface area contributed by atoms with Crippen LogP contribution in [0.15, 0.2) is 58.3 Å². The highest BCUT2D eigenvalue weighted by Gasteiger charge is 2.32. The van der Waals surface area contributed by atoms with Crippen LogP contribution in [-0.4, -0.2) is 34.0 Å². The molecule has 174 valence electrons. The number of nitrogens with one attached hydrogen (secondary N) is 2. The van der Waals surface area contributed by atoms with Gasteiger partial charge in [0.05, 0.1) is 10.1 Å². The molecule has 0 aromatic heterocycles. The molecule has 0 aliphatic heterocycles. The monoisotopic (exact) mass is 482 g/mol. The van der Waals surface area contributed by atoms with Crippen LogP contribution in [0.1, 0.15) is 39.5 Å². The van der Waals surface area contributed by atoms with Gasteiger partial charge in [-0.3, -0.25) is 4.79 Å². The van der Waals surface area contributed by atoms with Crippen molar-refractivity contribution in [3.8, 4) is 0 Å².